The number of nitrogens with one attached hydrogen (secondary N) is 2. The molecule has 0 radical (unpaired) electrons. The molecule has 1 saturated carbocycles. The summed E-state index contributed by atoms with van der Waals surface area (Å²) in [5.41, 5.74) is 2.43. The van der Waals surface area contributed by atoms with Crippen molar-refractivity contribution in [3.05, 3.63) is 71.5 Å². The predicted octanol–water partition coefficient (Wildman–Crippen LogP) is 3.65. The molecule has 2 aliphatic rings. The Balaban J connectivity index is 1.17. The van der Waals surface area contributed by atoms with Crippen LogP contribution < -0.4 is 10.6 Å². The summed E-state index contributed by atoms with van der Waals surface area (Å²) in [4.78, 5) is 14.6. The summed E-state index contributed by atoms with van der Waals surface area (Å²) < 4.78 is 13.0. The van der Waals surface area contributed by atoms with Gasteiger partial charge in [-0.05, 0) is 42.5 Å². The Labute approximate surface area is 159 Å². The smallest absolute Gasteiger partial charge is 0.315 e. The zero-order chi connectivity index (χ0) is 18.6. The lowest BCUT2D eigenvalue weighted by atomic mass is 10.0. The molecule has 142 valence electrons. The topological polar surface area (TPSA) is 44.4 Å². The van der Waals surface area contributed by atoms with Crippen LogP contribution >= 0.6 is 0 Å². The molecular weight excluding hydrogens is 341 g/mol. The van der Waals surface area contributed by atoms with Crippen molar-refractivity contribution in [3.8, 4) is 0 Å². The van der Waals surface area contributed by atoms with Crippen LogP contribution in [-0.4, -0.2) is 36.1 Å². The third-order valence-corrected chi connectivity index (χ3v) is 5.58. The molecule has 2 fully saturated rings. The van der Waals surface area contributed by atoms with Crippen molar-refractivity contribution in [2.45, 2.75) is 43.8 Å². The second kappa shape index (κ2) is 8.09. The zero-order valence-electron chi connectivity index (χ0n) is 15.4. The number of halogens is 1. The number of carbonyl (C=O) groups excluding carboxylic acids is 1. The first-order valence-corrected chi connectivity index (χ1v) is 9.76. The molecule has 0 aromatic heterocycles. The van der Waals surface area contributed by atoms with Gasteiger partial charge in [0.05, 0.1) is 0 Å². The molecule has 0 bridgehead atoms. The highest BCUT2D eigenvalue weighted by Gasteiger charge is 2.39. The number of nitrogens with zero attached hydrogens (tertiary/aromatic N) is 1. The number of piperidine rings is 1. The van der Waals surface area contributed by atoms with E-state index in [1.165, 1.54) is 17.7 Å². The summed E-state index contributed by atoms with van der Waals surface area (Å²) in [5.74, 6) is 0.257. The minimum absolute atomic E-state index is 0.0459. The SMILES string of the molecule is O=C(NC1CCN(Cc2ccc(F)cc2)CC1)NC1CC1c1ccccc1. The normalized spacial score (nSPS) is 23.0. The Kier molecular flexibility index (Phi) is 5.39. The standard InChI is InChI=1S/C22H26FN3O/c23-18-8-6-16(7-9-18)15-26-12-10-19(11-13-26)24-22(27)25-21-14-20(21)17-4-2-1-3-5-17/h1-9,19-21H,10-15H2,(H2,24,25,27). The van der Waals surface area contributed by atoms with Crippen molar-refractivity contribution in [2.75, 3.05) is 13.1 Å². The molecule has 2 amide bonds. The molecule has 5 heteroatoms. The molecule has 0 spiro atoms. The van der Waals surface area contributed by atoms with Gasteiger partial charge in [-0.25, -0.2) is 9.18 Å². The molecular formula is C22H26FN3O. The number of amides is 2. The number of hydrogen-bond donors (Lipinski definition) is 2. The van der Waals surface area contributed by atoms with Crippen LogP contribution in [0.4, 0.5) is 9.18 Å². The van der Waals surface area contributed by atoms with Gasteiger partial charge in [0, 0.05) is 37.6 Å². The number of likely N-dealkylation sites (tertiary alicyclic amines) is 1. The first kappa shape index (κ1) is 18.0. The van der Waals surface area contributed by atoms with Gasteiger partial charge in [-0.2, -0.15) is 0 Å². The van der Waals surface area contributed by atoms with Gasteiger partial charge in [-0.15, -0.1) is 0 Å². The van der Waals surface area contributed by atoms with E-state index in [1.54, 1.807) is 0 Å². The lowest BCUT2D eigenvalue weighted by molar-refractivity contribution is 0.186. The van der Waals surface area contributed by atoms with Crippen molar-refractivity contribution >= 4 is 6.03 Å². The van der Waals surface area contributed by atoms with Gasteiger partial charge in [0.1, 0.15) is 5.82 Å². The minimum Gasteiger partial charge on any atom is -0.335 e. The zero-order valence-corrected chi connectivity index (χ0v) is 15.4. The van der Waals surface area contributed by atoms with Crippen LogP contribution in [0.3, 0.4) is 0 Å². The van der Waals surface area contributed by atoms with Crippen molar-refractivity contribution in [2.24, 2.45) is 0 Å². The summed E-state index contributed by atoms with van der Waals surface area (Å²) in [7, 11) is 0. The molecule has 27 heavy (non-hydrogen) atoms. The summed E-state index contributed by atoms with van der Waals surface area (Å²) in [6.45, 7) is 2.72. The van der Waals surface area contributed by atoms with Gasteiger partial charge in [-0.3, -0.25) is 4.90 Å². The molecule has 2 aromatic rings. The van der Waals surface area contributed by atoms with Gasteiger partial charge >= 0.3 is 6.03 Å². The highest BCUT2D eigenvalue weighted by atomic mass is 19.1. The molecule has 4 nitrogen and oxygen atoms in total. The van der Waals surface area contributed by atoms with E-state index in [0.29, 0.717) is 5.92 Å². The van der Waals surface area contributed by atoms with Crippen molar-refractivity contribution in [1.29, 1.82) is 0 Å². The molecule has 1 saturated heterocycles. The predicted molar refractivity (Wildman–Crippen MR) is 104 cm³/mol. The van der Waals surface area contributed by atoms with E-state index < -0.39 is 0 Å². The minimum atomic E-state index is -0.196. The van der Waals surface area contributed by atoms with Gasteiger partial charge in [0.25, 0.3) is 0 Å². The van der Waals surface area contributed by atoms with Crippen LogP contribution in [-0.2, 0) is 6.54 Å². The van der Waals surface area contributed by atoms with Crippen LogP contribution in [0.1, 0.15) is 36.3 Å². The quantitative estimate of drug-likeness (QED) is 0.847. The molecule has 4 rings (SSSR count). The Hall–Kier alpha value is -2.40. The first-order chi connectivity index (χ1) is 13.2. The maximum Gasteiger partial charge on any atom is 0.315 e. The fourth-order valence-electron chi connectivity index (χ4n) is 3.90. The molecule has 2 atom stereocenters. The number of carbonyl (C=O) groups is 1. The number of hydrogen-bond acceptors (Lipinski definition) is 2. The average Bonchev–Trinajstić information content (AvgIpc) is 3.45. The van der Waals surface area contributed by atoms with Gasteiger partial charge in [0.2, 0.25) is 0 Å². The van der Waals surface area contributed by atoms with E-state index in [1.807, 2.05) is 30.3 Å². The van der Waals surface area contributed by atoms with E-state index in [9.17, 15) is 9.18 Å². The molecule has 1 heterocycles. The maximum atomic E-state index is 13.0. The summed E-state index contributed by atoms with van der Waals surface area (Å²) in [6, 6.07) is 17.5. The van der Waals surface area contributed by atoms with Crippen LogP contribution in [0, 0.1) is 5.82 Å². The molecule has 1 aliphatic carbocycles. The summed E-state index contributed by atoms with van der Waals surface area (Å²) in [5, 5.41) is 6.23. The largest absolute Gasteiger partial charge is 0.335 e. The highest BCUT2D eigenvalue weighted by Crippen LogP contribution is 2.40. The van der Waals surface area contributed by atoms with Crippen molar-refractivity contribution < 1.29 is 9.18 Å². The summed E-state index contributed by atoms with van der Waals surface area (Å²) >= 11 is 0. The van der Waals surface area contributed by atoms with Crippen molar-refractivity contribution in [3.63, 3.8) is 0 Å². The van der Waals surface area contributed by atoms with E-state index in [4.69, 9.17) is 0 Å². The highest BCUT2D eigenvalue weighted by molar-refractivity contribution is 5.75. The molecule has 1 aliphatic heterocycles. The van der Waals surface area contributed by atoms with E-state index in [-0.39, 0.29) is 23.9 Å². The molecule has 2 unspecified atom stereocenters. The lowest BCUT2D eigenvalue weighted by Crippen LogP contribution is -2.48. The van der Waals surface area contributed by atoms with Crippen LogP contribution in [0.2, 0.25) is 0 Å². The third kappa shape index (κ3) is 4.86. The van der Waals surface area contributed by atoms with E-state index >= 15 is 0 Å². The second-order valence-corrected chi connectivity index (χ2v) is 7.65. The molecule has 2 N–H and O–H groups in total. The van der Waals surface area contributed by atoms with Crippen molar-refractivity contribution in [1.82, 2.24) is 15.5 Å². The number of rotatable bonds is 5. The average molecular weight is 367 g/mol. The Bertz CT molecular complexity index is 757. The van der Waals surface area contributed by atoms with E-state index in [2.05, 4.69) is 27.7 Å². The van der Waals surface area contributed by atoms with Gasteiger partial charge < -0.3 is 10.6 Å². The fourth-order valence-corrected chi connectivity index (χ4v) is 3.90. The third-order valence-electron chi connectivity index (χ3n) is 5.58. The first-order valence-electron chi connectivity index (χ1n) is 9.76. The van der Waals surface area contributed by atoms with E-state index in [0.717, 1.165) is 44.5 Å². The Morgan fingerprint density at radius 3 is 2.41 bits per heavy atom. The van der Waals surface area contributed by atoms with Gasteiger partial charge in [0.15, 0.2) is 0 Å². The monoisotopic (exact) mass is 367 g/mol. The maximum absolute atomic E-state index is 13.0. The van der Waals surface area contributed by atoms with Crippen LogP contribution in [0.15, 0.2) is 54.6 Å². The fraction of sp³-hybridized carbons (Fsp3) is 0.409. The summed E-state index contributed by atoms with van der Waals surface area (Å²) in [6.07, 6.45) is 2.91. The Morgan fingerprint density at radius 1 is 1.00 bits per heavy atom. The van der Waals surface area contributed by atoms with Gasteiger partial charge in [-0.1, -0.05) is 42.5 Å². The molecule has 2 aromatic carbocycles. The number of urea groups is 1. The Morgan fingerprint density at radius 2 is 1.70 bits per heavy atom. The lowest BCUT2D eigenvalue weighted by Gasteiger charge is -2.32. The second-order valence-electron chi connectivity index (χ2n) is 7.65. The van der Waals surface area contributed by atoms with Crippen LogP contribution in [0.5, 0.6) is 0 Å². The number of benzene rings is 2. The van der Waals surface area contributed by atoms with Crippen LogP contribution in [0.25, 0.3) is 0 Å².